The van der Waals surface area contributed by atoms with Crippen molar-refractivity contribution in [2.24, 2.45) is 5.92 Å². The van der Waals surface area contributed by atoms with Crippen LogP contribution in [0, 0.1) is 42.3 Å². The van der Waals surface area contributed by atoms with E-state index in [1.165, 1.54) is 53.0 Å². The molecule has 19 rings (SSSR count). The minimum Gasteiger partial charge on any atom is -1.00 e. The van der Waals surface area contributed by atoms with Gasteiger partial charge in [0.2, 0.25) is 0 Å². The number of nitrogens with zero attached hydrogens (tertiary/aromatic N) is 6. The van der Waals surface area contributed by atoms with Crippen molar-refractivity contribution < 1.29 is 175 Å². The second kappa shape index (κ2) is 69.6. The van der Waals surface area contributed by atoms with Crippen LogP contribution in [0.5, 0.6) is 11.5 Å². The van der Waals surface area contributed by atoms with Crippen molar-refractivity contribution in [2.45, 2.75) is 122 Å². The van der Waals surface area contributed by atoms with Crippen LogP contribution in [-0.4, -0.2) is 48.6 Å². The Morgan fingerprint density at radius 3 is 1.05 bits per heavy atom. The predicted octanol–water partition coefficient (Wildman–Crippen LogP) is 26.4. The van der Waals surface area contributed by atoms with Gasteiger partial charge >= 0.3 is 143 Å². The van der Waals surface area contributed by atoms with E-state index in [0.717, 1.165) is 111 Å². The average Bonchev–Trinajstić information content (AvgIpc) is 1.70. The predicted molar refractivity (Wildman–Crippen MR) is 557 cm³/mol. The number of aromatic hydroxyl groups is 1. The summed E-state index contributed by atoms with van der Waals surface area (Å²) in [6.07, 6.45) is 6.95. The van der Waals surface area contributed by atoms with Crippen LogP contribution >= 0.6 is 68.5 Å². The number of ether oxygens (including phenoxy) is 1. The zero-order valence-corrected chi connectivity index (χ0v) is 87.8. The van der Waals surface area contributed by atoms with Crippen molar-refractivity contribution >= 4 is 116 Å². The number of fused-ring (bicyclic) bond motifs is 4. The molecule has 0 saturated carbocycles. The van der Waals surface area contributed by atoms with E-state index in [2.05, 4.69) is 196 Å². The Balaban J connectivity index is 0.00000158. The summed E-state index contributed by atoms with van der Waals surface area (Å²) in [6, 6.07) is 132. The van der Waals surface area contributed by atoms with E-state index in [9.17, 15) is 9.50 Å². The maximum Gasteiger partial charge on any atom is 3.00 e. The Kier molecular flexibility index (Phi) is 63.4. The quantitative estimate of drug-likeness (QED) is 0.0205. The molecule has 19 aromatic rings. The maximum atomic E-state index is 9.96. The molecule has 0 radical (unpaired) electrons. The van der Waals surface area contributed by atoms with Gasteiger partial charge in [-0.15, -0.1) is 226 Å². The molecular weight excluding hydrogens is 2200 g/mol. The molecule has 13 aromatic carbocycles. The molecule has 0 fully saturated rings. The van der Waals surface area contributed by atoms with Gasteiger partial charge in [-0.05, 0) is 142 Å². The van der Waals surface area contributed by atoms with E-state index in [4.69, 9.17) is 39.4 Å². The van der Waals surface area contributed by atoms with Gasteiger partial charge < -0.3 is 31.4 Å². The van der Waals surface area contributed by atoms with Crippen LogP contribution in [-0.2, 0) is 74.7 Å². The number of carbonyl (C=O) groups is 1. The molecule has 6 heterocycles. The number of aromatic nitrogens is 6. The summed E-state index contributed by atoms with van der Waals surface area (Å²) in [5, 5.41) is 21.8. The van der Waals surface area contributed by atoms with Gasteiger partial charge in [0.25, 0.3) is 6.47 Å². The standard InChI is InChI=1S/C31H31ClNO.4C13H8NS.C11H15Cl.C11H8NO.CH3F.CH2O3.6CH4.2Ir.2K.H/c1-23(19-25-9-11-26(21-32)12-10-25)18-24(2)28-15-13-27(14-16-28)22-34-30-7-5-6-29(20-30)31-8-3-4-17-33-31;4*1-2-6-10(7-3-1)13-14-11-8-4-5-9-12(11)15-13;1-3-9(2)11-6-4-10(8-12)5-7-11;13-10-5-3-4-9(8-10)11-6-1-2-7-12-11;1-2;2-1-4-3;;;;;;;;;;;/h3-5,7-17,20,23-24H,18-19,21-22H2,1-2H3;4*1-6,8-9H;4-7,9H,3,8H2,1-2H3;1-3,5-8,13H;1H3;1,3H;6*1H4;;;;;/q5*-1;;-1;;;;;;;;;2*+3;2*+1;-1/p-1/i;;;;;;;1D;;;;;;;;;;;;. The first-order valence-corrected chi connectivity index (χ1v) is 44.6. The number of phenolic OH excluding ortho intramolecular Hbond substituents is 1. The normalized spacial score (nSPS) is 10.4. The number of benzene rings is 13. The molecular formula is C113H115Cl2FIr2K2N6O5S4. The molecule has 0 aliphatic carbocycles. The third-order valence-electron chi connectivity index (χ3n) is 19.2. The van der Waals surface area contributed by atoms with E-state index in [1.54, 1.807) is 75.9 Å². The number of phenols is 1. The van der Waals surface area contributed by atoms with Gasteiger partial charge in [0.15, 0.2) is 0 Å². The van der Waals surface area contributed by atoms with E-state index in [-0.39, 0.29) is 201 Å². The molecule has 3 unspecified atom stereocenters. The Morgan fingerprint density at radius 1 is 0.422 bits per heavy atom. The molecule has 6 aromatic heterocycles. The zero-order valence-electron chi connectivity index (χ0n) is 73.9. The first-order valence-electron chi connectivity index (χ1n) is 40.9. The SMILES string of the molecule is C.C.C.C.C.C.CC(Cc1ccc(CCl)cc1)CC(C)c1ccc(COc2cc[c-]c(-c3ccccn3)c2)cc1.CCC(C)c1ccc(CCl)cc1.O=CO[O-].Oc1cc[c-]c(-c2ccccn2)c1.[2H]CF.[H-].[Ir+3].[Ir+3].[K+].[K+].[c-]1ccccc1-c1nc2ccccc2s1.[c-]1ccccc1-c1nc2ccccc2s1.[c-]1ccccc1-c1nc2ccccc2s1.[c-]1ccccc1-c1nc2ccccc2s1. The van der Waals surface area contributed by atoms with Gasteiger partial charge in [-0.25, -0.2) is 0 Å². The van der Waals surface area contributed by atoms with E-state index < -0.39 is 7.15 Å². The largest absolute Gasteiger partial charge is 3.00 e. The molecule has 0 saturated heterocycles. The van der Waals surface area contributed by atoms with Crippen LogP contribution in [0.4, 0.5) is 4.39 Å². The molecule has 1 N–H and O–H groups in total. The van der Waals surface area contributed by atoms with Crippen molar-refractivity contribution in [3.05, 3.63) is 422 Å². The van der Waals surface area contributed by atoms with Crippen LogP contribution in [0.25, 0.3) is 106 Å². The van der Waals surface area contributed by atoms with Crippen LogP contribution in [0.3, 0.4) is 0 Å². The number of hydrogen-bond acceptors (Lipinski definition) is 15. The second-order valence-electron chi connectivity index (χ2n) is 28.2. The third-order valence-corrected chi connectivity index (χ3v) is 24.1. The Hall–Kier alpha value is -8.17. The molecule has 0 aliphatic heterocycles. The average molecular weight is 2320 g/mol. The smallest absolute Gasteiger partial charge is 1.00 e. The molecule has 11 nitrogen and oxygen atoms in total. The van der Waals surface area contributed by atoms with Gasteiger partial charge in [-0.2, -0.15) is 45.3 Å². The zero-order chi connectivity index (χ0) is 88.3. The second-order valence-corrected chi connectivity index (χ2v) is 32.8. The fourth-order valence-corrected chi connectivity index (χ4v) is 16.8. The summed E-state index contributed by atoms with van der Waals surface area (Å²) in [4.78, 5) is 38.1. The van der Waals surface area contributed by atoms with E-state index >= 15 is 0 Å². The molecule has 692 valence electrons. The maximum absolute atomic E-state index is 9.96. The van der Waals surface area contributed by atoms with Gasteiger partial charge in [-0.3, -0.25) is 29.1 Å². The summed E-state index contributed by atoms with van der Waals surface area (Å²) >= 11 is 18.4. The van der Waals surface area contributed by atoms with Crippen LogP contribution < -0.4 is 113 Å². The first kappa shape index (κ1) is 123. The van der Waals surface area contributed by atoms with Gasteiger partial charge in [0.05, 0.1) is 30.6 Å². The minimum atomic E-state index is -1.00. The molecule has 0 bridgehead atoms. The summed E-state index contributed by atoms with van der Waals surface area (Å²) in [7, 11) is -1.00. The number of pyridine rings is 2. The Bertz CT molecular complexity index is 5800. The number of carbonyl (C=O) groups excluding carboxylic acids is 1. The minimum absolute atomic E-state index is 0. The van der Waals surface area contributed by atoms with Gasteiger partial charge in [0, 0.05) is 74.5 Å². The number of rotatable bonds is 19. The summed E-state index contributed by atoms with van der Waals surface area (Å²) in [6.45, 7) is 9.47. The van der Waals surface area contributed by atoms with Gasteiger partial charge in [-0.1, -0.05) is 218 Å². The fourth-order valence-electron chi connectivity index (χ4n) is 12.7. The number of hydrogen-bond donors (Lipinski definition) is 1. The topological polar surface area (TPSA) is 156 Å². The number of halogens is 3. The molecule has 135 heavy (non-hydrogen) atoms. The number of thiazole rings is 4. The molecule has 0 spiro atoms. The van der Waals surface area contributed by atoms with Crippen molar-refractivity contribution in [3.8, 4) is 76.3 Å². The Morgan fingerprint density at radius 2 is 0.733 bits per heavy atom. The first-order chi connectivity index (χ1) is 61.8. The monoisotopic (exact) mass is 2320 g/mol. The van der Waals surface area contributed by atoms with E-state index in [1.807, 2.05) is 224 Å². The fraction of sp³-hybridized carbons (Fsp3) is 0.177. The van der Waals surface area contributed by atoms with Crippen LogP contribution in [0.2, 0.25) is 0 Å². The number of alkyl halides is 3. The van der Waals surface area contributed by atoms with Crippen LogP contribution in [0.1, 0.15) is 133 Å². The molecule has 0 amide bonds. The van der Waals surface area contributed by atoms with Crippen molar-refractivity contribution in [1.29, 1.82) is 0 Å². The van der Waals surface area contributed by atoms with Crippen molar-refractivity contribution in [1.82, 2.24) is 29.9 Å². The molecule has 22 heteroatoms. The summed E-state index contributed by atoms with van der Waals surface area (Å²) in [5.74, 6) is 4.03. The summed E-state index contributed by atoms with van der Waals surface area (Å²) < 4.78 is 26.5. The van der Waals surface area contributed by atoms with Crippen molar-refractivity contribution in [3.63, 3.8) is 0 Å². The summed E-state index contributed by atoms with van der Waals surface area (Å²) in [5.41, 5.74) is 19.7. The van der Waals surface area contributed by atoms with Crippen LogP contribution in [0.15, 0.2) is 352 Å². The molecule has 3 atom stereocenters. The third kappa shape index (κ3) is 40.7. The Labute approximate surface area is 941 Å². The number of para-hydroxylation sites is 4. The van der Waals surface area contributed by atoms with E-state index in [0.29, 0.717) is 36.1 Å². The van der Waals surface area contributed by atoms with Gasteiger partial charge in [0.1, 0.15) is 6.61 Å². The van der Waals surface area contributed by atoms with Crippen molar-refractivity contribution in [2.75, 3.05) is 7.15 Å². The molecule has 0 aliphatic rings.